The number of benzene rings is 1. The molecule has 0 atom stereocenters. The Bertz CT molecular complexity index is 409. The molecule has 0 unspecified atom stereocenters. The highest BCUT2D eigenvalue weighted by atomic mass is 16.1. The zero-order chi connectivity index (χ0) is 13.0. The third-order valence-corrected chi connectivity index (χ3v) is 3.38. The summed E-state index contributed by atoms with van der Waals surface area (Å²) in [6.07, 6.45) is 2.32. The van der Waals surface area contributed by atoms with E-state index in [-0.39, 0.29) is 11.9 Å². The highest BCUT2D eigenvalue weighted by molar-refractivity contribution is 5.94. The molecule has 2 rings (SSSR count). The fourth-order valence-electron chi connectivity index (χ4n) is 2.43. The van der Waals surface area contributed by atoms with Gasteiger partial charge >= 0.3 is 0 Å². The van der Waals surface area contributed by atoms with Gasteiger partial charge in [-0.25, -0.2) is 0 Å². The van der Waals surface area contributed by atoms with Crippen molar-refractivity contribution in [2.24, 2.45) is 0 Å². The molecule has 0 saturated carbocycles. The van der Waals surface area contributed by atoms with E-state index in [1.54, 1.807) is 0 Å². The average molecular weight is 246 g/mol. The number of hydrogen-bond donors (Lipinski definition) is 2. The topological polar surface area (TPSA) is 41.1 Å². The summed E-state index contributed by atoms with van der Waals surface area (Å²) < 4.78 is 0. The van der Waals surface area contributed by atoms with Crippen LogP contribution in [-0.2, 0) is 0 Å². The number of nitrogens with one attached hydrogen (secondary N) is 2. The van der Waals surface area contributed by atoms with E-state index in [2.05, 4.69) is 16.7 Å². The van der Waals surface area contributed by atoms with Crippen LogP contribution in [0.2, 0.25) is 0 Å². The minimum atomic E-state index is 0.0285. The van der Waals surface area contributed by atoms with Crippen LogP contribution in [-0.4, -0.2) is 25.0 Å². The molecular formula is C15H22N2O. The first kappa shape index (κ1) is 13.1. The van der Waals surface area contributed by atoms with Gasteiger partial charge in [0.1, 0.15) is 0 Å². The van der Waals surface area contributed by atoms with Crippen LogP contribution in [0.15, 0.2) is 24.3 Å². The summed E-state index contributed by atoms with van der Waals surface area (Å²) in [5, 5.41) is 6.31. The molecule has 1 aliphatic rings. The SMILES string of the molecule is CC(C)NC(=O)c1cccc(C2CCNCC2)c1. The van der Waals surface area contributed by atoms with Gasteiger partial charge in [-0.1, -0.05) is 12.1 Å². The Morgan fingerprint density at radius 3 is 2.72 bits per heavy atom. The van der Waals surface area contributed by atoms with Crippen LogP contribution in [0.25, 0.3) is 0 Å². The molecular weight excluding hydrogens is 224 g/mol. The second-order valence-corrected chi connectivity index (χ2v) is 5.28. The Balaban J connectivity index is 2.11. The van der Waals surface area contributed by atoms with E-state index in [4.69, 9.17) is 0 Å². The molecule has 2 N–H and O–H groups in total. The van der Waals surface area contributed by atoms with E-state index in [0.29, 0.717) is 5.92 Å². The molecule has 1 aromatic rings. The van der Waals surface area contributed by atoms with Crippen LogP contribution in [0.1, 0.15) is 48.5 Å². The van der Waals surface area contributed by atoms with E-state index >= 15 is 0 Å². The van der Waals surface area contributed by atoms with Crippen LogP contribution in [0.4, 0.5) is 0 Å². The third-order valence-electron chi connectivity index (χ3n) is 3.38. The lowest BCUT2D eigenvalue weighted by molar-refractivity contribution is 0.0943. The molecule has 0 spiro atoms. The lowest BCUT2D eigenvalue weighted by Gasteiger charge is -2.23. The molecule has 0 aliphatic carbocycles. The van der Waals surface area contributed by atoms with E-state index in [0.717, 1.165) is 31.5 Å². The van der Waals surface area contributed by atoms with Crippen molar-refractivity contribution in [1.29, 1.82) is 0 Å². The van der Waals surface area contributed by atoms with Crippen molar-refractivity contribution in [2.45, 2.75) is 38.6 Å². The lowest BCUT2D eigenvalue weighted by atomic mass is 9.89. The van der Waals surface area contributed by atoms with Crippen molar-refractivity contribution >= 4 is 5.91 Å². The molecule has 1 aliphatic heterocycles. The van der Waals surface area contributed by atoms with Gasteiger partial charge in [-0.2, -0.15) is 0 Å². The maximum Gasteiger partial charge on any atom is 0.251 e. The van der Waals surface area contributed by atoms with Gasteiger partial charge in [-0.05, 0) is 63.4 Å². The summed E-state index contributed by atoms with van der Waals surface area (Å²) in [4.78, 5) is 12.0. The number of piperidine rings is 1. The maximum atomic E-state index is 12.0. The molecule has 1 fully saturated rings. The van der Waals surface area contributed by atoms with Gasteiger partial charge in [-0.15, -0.1) is 0 Å². The van der Waals surface area contributed by atoms with Gasteiger partial charge in [0, 0.05) is 11.6 Å². The summed E-state index contributed by atoms with van der Waals surface area (Å²) >= 11 is 0. The van der Waals surface area contributed by atoms with Gasteiger partial charge < -0.3 is 10.6 Å². The van der Waals surface area contributed by atoms with E-state index in [9.17, 15) is 4.79 Å². The van der Waals surface area contributed by atoms with E-state index in [1.165, 1.54) is 5.56 Å². The maximum absolute atomic E-state index is 12.0. The monoisotopic (exact) mass is 246 g/mol. The molecule has 0 aromatic heterocycles. The van der Waals surface area contributed by atoms with Crippen LogP contribution < -0.4 is 10.6 Å². The van der Waals surface area contributed by atoms with Crippen molar-refractivity contribution in [3.8, 4) is 0 Å². The summed E-state index contributed by atoms with van der Waals surface area (Å²) in [5.41, 5.74) is 2.08. The fraction of sp³-hybridized carbons (Fsp3) is 0.533. The largest absolute Gasteiger partial charge is 0.350 e. The zero-order valence-electron chi connectivity index (χ0n) is 11.2. The van der Waals surface area contributed by atoms with E-state index in [1.807, 2.05) is 32.0 Å². The van der Waals surface area contributed by atoms with Crippen molar-refractivity contribution < 1.29 is 4.79 Å². The van der Waals surface area contributed by atoms with Crippen LogP contribution in [0, 0.1) is 0 Å². The molecule has 18 heavy (non-hydrogen) atoms. The molecule has 0 radical (unpaired) electrons. The summed E-state index contributed by atoms with van der Waals surface area (Å²) in [5.74, 6) is 0.624. The predicted molar refractivity (Wildman–Crippen MR) is 73.9 cm³/mol. The first-order chi connectivity index (χ1) is 8.66. The minimum absolute atomic E-state index is 0.0285. The molecule has 1 heterocycles. The predicted octanol–water partition coefficient (Wildman–Crippen LogP) is 2.29. The summed E-state index contributed by atoms with van der Waals surface area (Å²) in [6.45, 7) is 6.11. The van der Waals surface area contributed by atoms with Crippen molar-refractivity contribution in [2.75, 3.05) is 13.1 Å². The Hall–Kier alpha value is -1.35. The molecule has 1 saturated heterocycles. The number of carbonyl (C=O) groups excluding carboxylic acids is 1. The second kappa shape index (κ2) is 6.01. The Morgan fingerprint density at radius 2 is 2.06 bits per heavy atom. The van der Waals surface area contributed by atoms with Crippen LogP contribution >= 0.6 is 0 Å². The van der Waals surface area contributed by atoms with Gasteiger partial charge in [0.15, 0.2) is 0 Å². The van der Waals surface area contributed by atoms with Crippen molar-refractivity contribution in [3.05, 3.63) is 35.4 Å². The number of hydrogen-bond acceptors (Lipinski definition) is 2. The number of rotatable bonds is 3. The first-order valence-electron chi connectivity index (χ1n) is 6.78. The highest BCUT2D eigenvalue weighted by Crippen LogP contribution is 2.25. The van der Waals surface area contributed by atoms with Gasteiger partial charge in [0.2, 0.25) is 0 Å². The number of carbonyl (C=O) groups is 1. The van der Waals surface area contributed by atoms with Crippen LogP contribution in [0.5, 0.6) is 0 Å². The smallest absolute Gasteiger partial charge is 0.251 e. The Kier molecular flexibility index (Phi) is 4.37. The van der Waals surface area contributed by atoms with Gasteiger partial charge in [-0.3, -0.25) is 4.79 Å². The normalized spacial score (nSPS) is 16.8. The summed E-state index contributed by atoms with van der Waals surface area (Å²) in [7, 11) is 0. The minimum Gasteiger partial charge on any atom is -0.350 e. The number of amides is 1. The van der Waals surface area contributed by atoms with Gasteiger partial charge in [0.05, 0.1) is 0 Å². The quantitative estimate of drug-likeness (QED) is 0.859. The highest BCUT2D eigenvalue weighted by Gasteiger charge is 2.16. The molecule has 0 bridgehead atoms. The molecule has 3 nitrogen and oxygen atoms in total. The first-order valence-corrected chi connectivity index (χ1v) is 6.78. The summed E-state index contributed by atoms with van der Waals surface area (Å²) in [6, 6.07) is 8.25. The zero-order valence-corrected chi connectivity index (χ0v) is 11.2. The fourth-order valence-corrected chi connectivity index (χ4v) is 2.43. The standard InChI is InChI=1S/C15H22N2O/c1-11(2)17-15(18)14-5-3-4-13(10-14)12-6-8-16-9-7-12/h3-5,10-12,16H,6-9H2,1-2H3,(H,17,18). The van der Waals surface area contributed by atoms with Gasteiger partial charge in [0.25, 0.3) is 5.91 Å². The third kappa shape index (κ3) is 3.33. The molecule has 98 valence electrons. The van der Waals surface area contributed by atoms with E-state index < -0.39 is 0 Å². The van der Waals surface area contributed by atoms with Crippen molar-refractivity contribution in [1.82, 2.24) is 10.6 Å². The Labute approximate surface area is 109 Å². The molecule has 1 amide bonds. The molecule has 1 aromatic carbocycles. The lowest BCUT2D eigenvalue weighted by Crippen LogP contribution is -2.30. The van der Waals surface area contributed by atoms with Crippen LogP contribution in [0.3, 0.4) is 0 Å². The second-order valence-electron chi connectivity index (χ2n) is 5.28. The molecule has 3 heteroatoms. The average Bonchev–Trinajstić information content (AvgIpc) is 2.39. The van der Waals surface area contributed by atoms with Crippen molar-refractivity contribution in [3.63, 3.8) is 0 Å². The Morgan fingerprint density at radius 1 is 1.33 bits per heavy atom.